The van der Waals surface area contributed by atoms with Crippen LogP contribution in [0.5, 0.6) is 5.75 Å². The van der Waals surface area contributed by atoms with Crippen LogP contribution in [0.2, 0.25) is 0 Å². The smallest absolute Gasteiger partial charge is 0.247 e. The van der Waals surface area contributed by atoms with Gasteiger partial charge in [-0.25, -0.2) is 8.42 Å². The Balaban J connectivity index is 3.27. The first-order valence-corrected chi connectivity index (χ1v) is 8.26. The van der Waals surface area contributed by atoms with E-state index in [-0.39, 0.29) is 11.4 Å². The van der Waals surface area contributed by atoms with E-state index in [1.165, 1.54) is 11.4 Å². The van der Waals surface area contributed by atoms with Gasteiger partial charge in [-0.2, -0.15) is 4.31 Å². The summed E-state index contributed by atoms with van der Waals surface area (Å²) in [5.74, 6) is 2.70. The van der Waals surface area contributed by atoms with Crippen LogP contribution >= 0.6 is 0 Å². The van der Waals surface area contributed by atoms with E-state index < -0.39 is 10.0 Å². The van der Waals surface area contributed by atoms with Gasteiger partial charge in [-0.05, 0) is 24.2 Å². The lowest BCUT2D eigenvalue weighted by Crippen LogP contribution is -2.31. The number of hydrogen-bond donors (Lipinski definition) is 1. The van der Waals surface area contributed by atoms with Crippen molar-refractivity contribution in [1.29, 1.82) is 0 Å². The molecule has 0 aromatic heterocycles. The Hall–Kier alpha value is -1.55. The first-order valence-electron chi connectivity index (χ1n) is 6.82. The number of terminal acetylenes is 1. The fourth-order valence-electron chi connectivity index (χ4n) is 1.91. The van der Waals surface area contributed by atoms with Crippen molar-refractivity contribution in [3.8, 4) is 18.1 Å². The van der Waals surface area contributed by atoms with Gasteiger partial charge in [0.05, 0.1) is 13.7 Å². The van der Waals surface area contributed by atoms with Crippen molar-refractivity contribution in [2.24, 2.45) is 0 Å². The van der Waals surface area contributed by atoms with E-state index in [2.05, 4.69) is 11.2 Å². The molecule has 1 rings (SSSR count). The molecular weight excluding hydrogens is 288 g/mol. The third-order valence-corrected chi connectivity index (χ3v) is 4.99. The quantitative estimate of drug-likeness (QED) is 0.738. The monoisotopic (exact) mass is 310 g/mol. The topological polar surface area (TPSA) is 58.6 Å². The van der Waals surface area contributed by atoms with Crippen LogP contribution in [0.3, 0.4) is 0 Å². The van der Waals surface area contributed by atoms with Gasteiger partial charge in [0.15, 0.2) is 0 Å². The molecule has 0 saturated heterocycles. The lowest BCUT2D eigenvalue weighted by molar-refractivity contribution is 0.397. The number of nitrogens with one attached hydrogen (secondary N) is 1. The van der Waals surface area contributed by atoms with E-state index in [9.17, 15) is 8.42 Å². The molecule has 6 heteroatoms. The van der Waals surface area contributed by atoms with Crippen LogP contribution in [0.15, 0.2) is 23.1 Å². The average molecular weight is 310 g/mol. The Morgan fingerprint density at radius 2 is 2.10 bits per heavy atom. The Labute approximate surface area is 127 Å². The molecule has 0 heterocycles. The number of rotatable bonds is 8. The summed E-state index contributed by atoms with van der Waals surface area (Å²) in [5.41, 5.74) is 0.882. The molecule has 0 unspecified atom stereocenters. The Bertz CT molecular complexity index is 606. The maximum atomic E-state index is 12.7. The Morgan fingerprint density at radius 1 is 1.38 bits per heavy atom. The number of benzene rings is 1. The zero-order valence-electron chi connectivity index (χ0n) is 12.7. The maximum Gasteiger partial charge on any atom is 0.247 e. The van der Waals surface area contributed by atoms with E-state index in [1.807, 2.05) is 13.0 Å². The second-order valence-corrected chi connectivity index (χ2v) is 6.31. The van der Waals surface area contributed by atoms with Crippen LogP contribution in [0, 0.1) is 12.3 Å². The molecule has 0 amide bonds. The summed E-state index contributed by atoms with van der Waals surface area (Å²) >= 11 is 0. The van der Waals surface area contributed by atoms with Gasteiger partial charge in [0, 0.05) is 13.1 Å². The molecule has 1 aromatic rings. The van der Waals surface area contributed by atoms with Crippen LogP contribution in [-0.2, 0) is 16.6 Å². The van der Waals surface area contributed by atoms with Gasteiger partial charge in [0.25, 0.3) is 0 Å². The largest absolute Gasteiger partial charge is 0.495 e. The van der Waals surface area contributed by atoms with E-state index in [0.29, 0.717) is 18.8 Å². The Kier molecular flexibility index (Phi) is 6.69. The predicted molar refractivity (Wildman–Crippen MR) is 83.6 cm³/mol. The van der Waals surface area contributed by atoms with Crippen LogP contribution in [0.4, 0.5) is 0 Å². The zero-order chi connectivity index (χ0) is 15.9. The minimum atomic E-state index is -3.67. The molecule has 116 valence electrons. The summed E-state index contributed by atoms with van der Waals surface area (Å²) in [6.45, 7) is 5.51. The molecule has 0 saturated carbocycles. The molecule has 0 spiro atoms. The molecule has 1 aromatic carbocycles. The number of ether oxygens (including phenoxy) is 1. The van der Waals surface area contributed by atoms with Gasteiger partial charge >= 0.3 is 0 Å². The SMILES string of the molecule is C#CCN(CC)S(=O)(=O)c1cc(CNCC)ccc1OC. The first kappa shape index (κ1) is 17.5. The van der Waals surface area contributed by atoms with Gasteiger partial charge in [0.2, 0.25) is 10.0 Å². The van der Waals surface area contributed by atoms with Gasteiger partial charge in [-0.1, -0.05) is 25.8 Å². The number of hydrogen-bond acceptors (Lipinski definition) is 4. The van der Waals surface area contributed by atoms with Crippen molar-refractivity contribution in [3.05, 3.63) is 23.8 Å². The van der Waals surface area contributed by atoms with Crippen molar-refractivity contribution < 1.29 is 13.2 Å². The van der Waals surface area contributed by atoms with Crippen LogP contribution in [0.25, 0.3) is 0 Å². The molecule has 0 aliphatic rings. The van der Waals surface area contributed by atoms with Gasteiger partial charge < -0.3 is 10.1 Å². The highest BCUT2D eigenvalue weighted by atomic mass is 32.2. The molecule has 5 nitrogen and oxygen atoms in total. The summed E-state index contributed by atoms with van der Waals surface area (Å²) in [6, 6.07) is 5.15. The third-order valence-electron chi connectivity index (χ3n) is 3.05. The molecule has 0 aliphatic carbocycles. The highest BCUT2D eigenvalue weighted by molar-refractivity contribution is 7.89. The molecule has 0 fully saturated rings. The van der Waals surface area contributed by atoms with Crippen LogP contribution < -0.4 is 10.1 Å². The van der Waals surface area contributed by atoms with Crippen molar-refractivity contribution in [3.63, 3.8) is 0 Å². The minimum Gasteiger partial charge on any atom is -0.495 e. The number of sulfonamides is 1. The molecule has 21 heavy (non-hydrogen) atoms. The average Bonchev–Trinajstić information content (AvgIpc) is 2.49. The number of nitrogens with zero attached hydrogens (tertiary/aromatic N) is 1. The van der Waals surface area contributed by atoms with Crippen molar-refractivity contribution in [1.82, 2.24) is 9.62 Å². The molecule has 0 atom stereocenters. The lowest BCUT2D eigenvalue weighted by atomic mass is 10.2. The van der Waals surface area contributed by atoms with Crippen molar-refractivity contribution in [2.45, 2.75) is 25.3 Å². The standard InChI is InChI=1S/C15H22N2O3S/c1-5-10-17(7-3)21(18,19)15-11-13(12-16-6-2)8-9-14(15)20-4/h1,8-9,11,16H,6-7,10,12H2,2-4H3. The van der Waals surface area contributed by atoms with E-state index in [1.54, 1.807) is 19.1 Å². The van der Waals surface area contributed by atoms with E-state index >= 15 is 0 Å². The second kappa shape index (κ2) is 8.03. The van der Waals surface area contributed by atoms with Crippen LogP contribution in [-0.4, -0.2) is 39.5 Å². The summed E-state index contributed by atoms with van der Waals surface area (Å²) < 4.78 is 31.8. The summed E-state index contributed by atoms with van der Waals surface area (Å²) in [7, 11) is -2.21. The van der Waals surface area contributed by atoms with Gasteiger partial charge in [-0.15, -0.1) is 6.42 Å². The molecule has 0 radical (unpaired) electrons. The van der Waals surface area contributed by atoms with Crippen LogP contribution in [0.1, 0.15) is 19.4 Å². The van der Waals surface area contributed by atoms with Crippen molar-refractivity contribution >= 4 is 10.0 Å². The van der Waals surface area contributed by atoms with Gasteiger partial charge in [0.1, 0.15) is 10.6 Å². The van der Waals surface area contributed by atoms with Crippen molar-refractivity contribution in [2.75, 3.05) is 26.7 Å². The molecular formula is C15H22N2O3S. The van der Waals surface area contributed by atoms with E-state index in [0.717, 1.165) is 12.1 Å². The maximum absolute atomic E-state index is 12.7. The molecule has 1 N–H and O–H groups in total. The van der Waals surface area contributed by atoms with Gasteiger partial charge in [-0.3, -0.25) is 0 Å². The highest BCUT2D eigenvalue weighted by Gasteiger charge is 2.26. The first-order chi connectivity index (χ1) is 10.0. The fraction of sp³-hybridized carbons (Fsp3) is 0.467. The zero-order valence-corrected chi connectivity index (χ0v) is 13.5. The summed E-state index contributed by atoms with van der Waals surface area (Å²) in [4.78, 5) is 0.150. The highest BCUT2D eigenvalue weighted by Crippen LogP contribution is 2.27. The molecule has 0 bridgehead atoms. The summed E-state index contributed by atoms with van der Waals surface area (Å²) in [6.07, 6.45) is 5.25. The predicted octanol–water partition coefficient (Wildman–Crippen LogP) is 1.45. The summed E-state index contributed by atoms with van der Waals surface area (Å²) in [5, 5.41) is 3.17. The number of methoxy groups -OCH3 is 1. The fourth-order valence-corrected chi connectivity index (χ4v) is 3.48. The van der Waals surface area contributed by atoms with E-state index in [4.69, 9.17) is 11.2 Å². The lowest BCUT2D eigenvalue weighted by Gasteiger charge is -2.20. The third kappa shape index (κ3) is 4.21. The Morgan fingerprint density at radius 3 is 2.62 bits per heavy atom. The minimum absolute atomic E-state index is 0.0411. The molecule has 0 aliphatic heterocycles. The normalized spacial score (nSPS) is 11.4. The second-order valence-electron chi connectivity index (χ2n) is 4.40.